The first kappa shape index (κ1) is 18.1. The lowest BCUT2D eigenvalue weighted by atomic mass is 10.1. The molecule has 1 aromatic carbocycles. The molecule has 0 aliphatic carbocycles. The van der Waals surface area contributed by atoms with Crippen LogP contribution in [0.4, 0.5) is 0 Å². The topological polar surface area (TPSA) is 83.0 Å². The third kappa shape index (κ3) is 3.94. The lowest BCUT2D eigenvalue weighted by Gasteiger charge is -2.09. The molecule has 0 atom stereocenters. The van der Waals surface area contributed by atoms with E-state index in [0.717, 1.165) is 17.5 Å². The van der Waals surface area contributed by atoms with E-state index < -0.39 is 0 Å². The van der Waals surface area contributed by atoms with Gasteiger partial charge in [-0.3, -0.25) is 4.79 Å². The molecule has 0 bridgehead atoms. The quantitative estimate of drug-likeness (QED) is 0.659. The molecular weight excluding hydrogens is 356 g/mol. The van der Waals surface area contributed by atoms with Crippen LogP contribution in [0.15, 0.2) is 33.6 Å². The molecular formula is C18H19ClN4O3. The van der Waals surface area contributed by atoms with Crippen LogP contribution < -0.4 is 10.3 Å². The standard InChI is InChI=1S/C18H19ClN4O3/c1-11-12(2)18(24)23(21-17(11)25-3)10-16-20-15(22-26-16)9-6-13-4-7-14(19)8-5-13/h4-5,7-8H,6,9-10H2,1-3H3. The maximum Gasteiger partial charge on any atom is 0.270 e. The van der Waals surface area contributed by atoms with Crippen molar-refractivity contribution in [3.05, 3.63) is 68.0 Å². The number of rotatable bonds is 6. The van der Waals surface area contributed by atoms with E-state index in [1.807, 2.05) is 24.3 Å². The van der Waals surface area contributed by atoms with E-state index in [9.17, 15) is 4.79 Å². The number of hydrogen-bond donors (Lipinski definition) is 0. The Bertz CT molecular complexity index is 964. The van der Waals surface area contributed by atoms with Crippen molar-refractivity contribution in [2.75, 3.05) is 7.11 Å². The zero-order valence-corrected chi connectivity index (χ0v) is 15.6. The second-order valence-corrected chi connectivity index (χ2v) is 6.39. The Kier molecular flexibility index (Phi) is 5.37. The molecule has 3 rings (SSSR count). The van der Waals surface area contributed by atoms with Gasteiger partial charge in [0, 0.05) is 22.6 Å². The summed E-state index contributed by atoms with van der Waals surface area (Å²) in [7, 11) is 1.52. The lowest BCUT2D eigenvalue weighted by molar-refractivity contribution is 0.343. The summed E-state index contributed by atoms with van der Waals surface area (Å²) < 4.78 is 11.7. The molecule has 0 saturated carbocycles. The first-order valence-corrected chi connectivity index (χ1v) is 8.54. The fraction of sp³-hybridized carbons (Fsp3) is 0.333. The highest BCUT2D eigenvalue weighted by atomic mass is 35.5. The second-order valence-electron chi connectivity index (χ2n) is 5.95. The molecule has 0 unspecified atom stereocenters. The molecule has 0 N–H and O–H groups in total. The summed E-state index contributed by atoms with van der Waals surface area (Å²) in [5.74, 6) is 1.32. The van der Waals surface area contributed by atoms with Crippen LogP contribution in [0.5, 0.6) is 5.88 Å². The monoisotopic (exact) mass is 374 g/mol. The molecule has 8 heteroatoms. The fourth-order valence-corrected chi connectivity index (χ4v) is 2.66. The van der Waals surface area contributed by atoms with Crippen molar-refractivity contribution in [1.29, 1.82) is 0 Å². The SMILES string of the molecule is COc1nn(Cc2nc(CCc3ccc(Cl)cc3)no2)c(=O)c(C)c1C. The number of halogens is 1. The van der Waals surface area contributed by atoms with Gasteiger partial charge in [-0.25, -0.2) is 4.68 Å². The van der Waals surface area contributed by atoms with Crippen molar-refractivity contribution in [2.24, 2.45) is 0 Å². The Morgan fingerprint density at radius 1 is 1.15 bits per heavy atom. The number of ether oxygens (including phenoxy) is 1. The fourth-order valence-electron chi connectivity index (χ4n) is 2.54. The molecule has 7 nitrogen and oxygen atoms in total. The van der Waals surface area contributed by atoms with Gasteiger partial charge in [-0.15, -0.1) is 5.10 Å². The molecule has 0 aliphatic rings. The van der Waals surface area contributed by atoms with E-state index in [-0.39, 0.29) is 12.1 Å². The summed E-state index contributed by atoms with van der Waals surface area (Å²) in [6.45, 7) is 3.64. The Labute approximate surface area is 155 Å². The van der Waals surface area contributed by atoms with Gasteiger partial charge in [-0.1, -0.05) is 28.9 Å². The number of methoxy groups -OCH3 is 1. The Morgan fingerprint density at radius 3 is 2.58 bits per heavy atom. The van der Waals surface area contributed by atoms with E-state index in [1.165, 1.54) is 11.8 Å². The van der Waals surface area contributed by atoms with E-state index >= 15 is 0 Å². The summed E-state index contributed by atoms with van der Waals surface area (Å²) in [4.78, 5) is 16.7. The Balaban J connectivity index is 1.71. The summed E-state index contributed by atoms with van der Waals surface area (Å²) in [5, 5.41) is 8.88. The smallest absolute Gasteiger partial charge is 0.270 e. The van der Waals surface area contributed by atoms with Crippen molar-refractivity contribution in [3.8, 4) is 5.88 Å². The molecule has 0 spiro atoms. The number of benzene rings is 1. The molecule has 3 aromatic rings. The van der Waals surface area contributed by atoms with Crippen molar-refractivity contribution < 1.29 is 9.26 Å². The zero-order chi connectivity index (χ0) is 18.7. The molecule has 0 saturated heterocycles. The van der Waals surface area contributed by atoms with Crippen molar-refractivity contribution in [2.45, 2.75) is 33.2 Å². The average Bonchev–Trinajstić information content (AvgIpc) is 3.09. The first-order chi connectivity index (χ1) is 12.5. The van der Waals surface area contributed by atoms with Crippen LogP contribution >= 0.6 is 11.6 Å². The van der Waals surface area contributed by atoms with Crippen LogP contribution in [0.2, 0.25) is 5.02 Å². The summed E-state index contributed by atoms with van der Waals surface area (Å²) >= 11 is 5.88. The van der Waals surface area contributed by atoms with E-state index in [2.05, 4.69) is 15.2 Å². The molecule has 26 heavy (non-hydrogen) atoms. The Morgan fingerprint density at radius 2 is 1.88 bits per heavy atom. The van der Waals surface area contributed by atoms with Crippen LogP contribution in [-0.2, 0) is 19.4 Å². The van der Waals surface area contributed by atoms with Crippen LogP contribution in [0.1, 0.15) is 28.4 Å². The number of aromatic nitrogens is 4. The summed E-state index contributed by atoms with van der Waals surface area (Å²) in [6, 6.07) is 7.63. The van der Waals surface area contributed by atoms with E-state index in [1.54, 1.807) is 13.8 Å². The van der Waals surface area contributed by atoms with E-state index in [0.29, 0.717) is 34.6 Å². The molecule has 0 radical (unpaired) electrons. The number of hydrogen-bond acceptors (Lipinski definition) is 6. The van der Waals surface area contributed by atoms with Gasteiger partial charge < -0.3 is 9.26 Å². The van der Waals surface area contributed by atoms with Crippen LogP contribution in [0.25, 0.3) is 0 Å². The van der Waals surface area contributed by atoms with Gasteiger partial charge >= 0.3 is 0 Å². The van der Waals surface area contributed by atoms with Gasteiger partial charge in [0.2, 0.25) is 11.8 Å². The maximum absolute atomic E-state index is 12.4. The minimum Gasteiger partial charge on any atom is -0.480 e. The van der Waals surface area contributed by atoms with Gasteiger partial charge in [0.1, 0.15) is 6.54 Å². The highest BCUT2D eigenvalue weighted by Gasteiger charge is 2.14. The normalized spacial score (nSPS) is 10.9. The van der Waals surface area contributed by atoms with Gasteiger partial charge in [-0.2, -0.15) is 4.98 Å². The lowest BCUT2D eigenvalue weighted by Crippen LogP contribution is -2.27. The molecule has 0 amide bonds. The molecule has 0 aliphatic heterocycles. The summed E-state index contributed by atoms with van der Waals surface area (Å²) in [5.41, 5.74) is 2.24. The predicted molar refractivity (Wildman–Crippen MR) is 96.8 cm³/mol. The summed E-state index contributed by atoms with van der Waals surface area (Å²) in [6.07, 6.45) is 1.40. The van der Waals surface area contributed by atoms with Crippen LogP contribution in [0, 0.1) is 13.8 Å². The largest absolute Gasteiger partial charge is 0.480 e. The highest BCUT2D eigenvalue weighted by molar-refractivity contribution is 6.30. The molecule has 2 aromatic heterocycles. The third-order valence-electron chi connectivity index (χ3n) is 4.19. The van der Waals surface area contributed by atoms with Gasteiger partial charge in [0.25, 0.3) is 5.56 Å². The highest BCUT2D eigenvalue weighted by Crippen LogP contribution is 2.14. The van der Waals surface area contributed by atoms with Gasteiger partial charge in [0.05, 0.1) is 7.11 Å². The van der Waals surface area contributed by atoms with Crippen molar-refractivity contribution in [3.63, 3.8) is 0 Å². The van der Waals surface area contributed by atoms with Gasteiger partial charge in [-0.05, 0) is 38.0 Å². The second kappa shape index (κ2) is 7.70. The van der Waals surface area contributed by atoms with Crippen LogP contribution in [0.3, 0.4) is 0 Å². The first-order valence-electron chi connectivity index (χ1n) is 8.16. The van der Waals surface area contributed by atoms with Gasteiger partial charge in [0.15, 0.2) is 5.82 Å². The number of nitrogens with zero attached hydrogens (tertiary/aromatic N) is 4. The molecule has 0 fully saturated rings. The minimum atomic E-state index is -0.204. The minimum absolute atomic E-state index is 0.101. The third-order valence-corrected chi connectivity index (χ3v) is 4.44. The van der Waals surface area contributed by atoms with Crippen LogP contribution in [-0.4, -0.2) is 27.0 Å². The Hall–Kier alpha value is -2.67. The van der Waals surface area contributed by atoms with Crippen molar-refractivity contribution in [1.82, 2.24) is 19.9 Å². The molecule has 2 heterocycles. The van der Waals surface area contributed by atoms with E-state index in [4.69, 9.17) is 20.9 Å². The predicted octanol–water partition coefficient (Wildman–Crippen LogP) is 2.74. The molecule has 136 valence electrons. The number of aryl methyl sites for hydroxylation is 2. The zero-order valence-electron chi connectivity index (χ0n) is 14.8. The maximum atomic E-state index is 12.4. The average molecular weight is 375 g/mol. The van der Waals surface area contributed by atoms with Crippen molar-refractivity contribution >= 4 is 11.6 Å².